The Hall–Kier alpha value is -4.51. The minimum atomic E-state index is -1.26. The Balaban J connectivity index is 0.000000463. The lowest BCUT2D eigenvalue weighted by Gasteiger charge is -2.40. The number of hydrogen-bond donors (Lipinski definition) is 2. The molecule has 6 rings (SSSR count). The normalized spacial score (nSPS) is 15.7. The van der Waals surface area contributed by atoms with Crippen LogP contribution in [-0.2, 0) is 16.0 Å². The third-order valence-corrected chi connectivity index (χ3v) is 8.56. The first-order valence-electron chi connectivity index (χ1n) is 15.5. The molecule has 0 amide bonds. The molecule has 0 saturated carbocycles. The van der Waals surface area contributed by atoms with Gasteiger partial charge < -0.3 is 20.0 Å². The van der Waals surface area contributed by atoms with Crippen LogP contribution in [0.2, 0.25) is 5.02 Å². The van der Waals surface area contributed by atoms with Crippen LogP contribution < -0.4 is 4.90 Å². The monoisotopic (exact) mass is 642 g/mol. The highest BCUT2D eigenvalue weighted by molar-refractivity contribution is 6.30. The first-order chi connectivity index (χ1) is 22.3. The molecule has 1 atom stereocenters. The van der Waals surface area contributed by atoms with Gasteiger partial charge in [-0.3, -0.25) is 9.47 Å². The maximum Gasteiger partial charge on any atom is 0.328 e. The zero-order valence-corrected chi connectivity index (χ0v) is 26.6. The fourth-order valence-electron chi connectivity index (χ4n) is 6.16. The highest BCUT2D eigenvalue weighted by Gasteiger charge is 2.27. The molecule has 2 aliphatic rings. The van der Waals surface area contributed by atoms with E-state index < -0.39 is 11.9 Å². The fraction of sp³-hybridized carbons (Fsp3) is 0.314. The predicted octanol–water partition coefficient (Wildman–Crippen LogP) is 5.10. The molecule has 0 aliphatic carbocycles. The number of hydrogen-bond acceptors (Lipinski definition) is 7. The number of aryl methyl sites for hydroxylation is 1. The van der Waals surface area contributed by atoms with E-state index in [-0.39, 0.29) is 6.04 Å². The van der Waals surface area contributed by atoms with E-state index in [4.69, 9.17) is 21.8 Å². The summed E-state index contributed by atoms with van der Waals surface area (Å²) in [5, 5.41) is 25.2. The number of rotatable bonds is 9. The number of aliphatic carboxylic acids is 2. The molecule has 3 aromatic carbocycles. The Morgan fingerprint density at radius 2 is 1.39 bits per heavy atom. The first kappa shape index (κ1) is 32.9. The number of fused-ring (bicyclic) bond motifs is 3. The van der Waals surface area contributed by atoms with Crippen molar-refractivity contribution in [3.63, 3.8) is 0 Å². The SMILES string of the molecule is Cc1nnc2n1-c1ccccc1N(CCCN1CCN(C(c3ccccc3)c3ccc(Cl)cc3)CC1)CC2.O=C(O)/C=C/C(=O)O. The average Bonchev–Trinajstić information content (AvgIpc) is 3.35. The minimum Gasteiger partial charge on any atom is -0.478 e. The van der Waals surface area contributed by atoms with Crippen molar-refractivity contribution in [1.29, 1.82) is 0 Å². The highest BCUT2D eigenvalue weighted by atomic mass is 35.5. The molecular formula is C35H39ClN6O4. The van der Waals surface area contributed by atoms with Crippen molar-refractivity contribution in [2.45, 2.75) is 25.8 Å². The molecule has 1 unspecified atom stereocenters. The van der Waals surface area contributed by atoms with Gasteiger partial charge in [0.1, 0.15) is 11.6 Å². The molecule has 1 fully saturated rings. The summed E-state index contributed by atoms with van der Waals surface area (Å²) in [6, 6.07) is 28.2. The third kappa shape index (κ3) is 8.39. The molecule has 0 bridgehead atoms. The van der Waals surface area contributed by atoms with Gasteiger partial charge in [0.05, 0.1) is 17.4 Å². The number of halogens is 1. The Kier molecular flexibility index (Phi) is 11.2. The first-order valence-corrected chi connectivity index (χ1v) is 15.8. The number of anilines is 1. The molecule has 0 radical (unpaired) electrons. The van der Waals surface area contributed by atoms with Crippen molar-refractivity contribution in [3.8, 4) is 5.69 Å². The van der Waals surface area contributed by atoms with Gasteiger partial charge >= 0.3 is 11.9 Å². The van der Waals surface area contributed by atoms with E-state index in [1.54, 1.807) is 0 Å². The summed E-state index contributed by atoms with van der Waals surface area (Å²) in [5.74, 6) is -0.499. The number of carboxylic acids is 2. The van der Waals surface area contributed by atoms with Crippen LogP contribution in [0, 0.1) is 6.92 Å². The molecule has 1 saturated heterocycles. The van der Waals surface area contributed by atoms with Gasteiger partial charge in [-0.15, -0.1) is 10.2 Å². The predicted molar refractivity (Wildman–Crippen MR) is 179 cm³/mol. The molecule has 2 N–H and O–H groups in total. The van der Waals surface area contributed by atoms with E-state index in [0.29, 0.717) is 12.2 Å². The number of carboxylic acid groups (broad SMARTS) is 2. The lowest BCUT2D eigenvalue weighted by Crippen LogP contribution is -2.48. The van der Waals surface area contributed by atoms with E-state index >= 15 is 0 Å². The molecule has 0 spiro atoms. The van der Waals surface area contributed by atoms with Gasteiger partial charge in [-0.2, -0.15) is 0 Å². The van der Waals surface area contributed by atoms with Crippen molar-refractivity contribution in [1.82, 2.24) is 24.6 Å². The zero-order valence-electron chi connectivity index (χ0n) is 25.9. The molecule has 4 aromatic rings. The van der Waals surface area contributed by atoms with Crippen molar-refractivity contribution < 1.29 is 19.8 Å². The topological polar surface area (TPSA) is 115 Å². The summed E-state index contributed by atoms with van der Waals surface area (Å²) in [6.07, 6.45) is 3.18. The van der Waals surface area contributed by atoms with Crippen LogP contribution in [0.15, 0.2) is 91.0 Å². The number of piperazine rings is 1. The fourth-order valence-corrected chi connectivity index (χ4v) is 6.28. The van der Waals surface area contributed by atoms with Crippen molar-refractivity contribution in [2.24, 2.45) is 0 Å². The Morgan fingerprint density at radius 3 is 2.04 bits per heavy atom. The molecule has 240 valence electrons. The van der Waals surface area contributed by atoms with Crippen LogP contribution in [-0.4, -0.2) is 92.5 Å². The number of nitrogens with zero attached hydrogens (tertiary/aromatic N) is 6. The number of benzene rings is 3. The van der Waals surface area contributed by atoms with Crippen LogP contribution in [0.3, 0.4) is 0 Å². The molecule has 11 heteroatoms. The largest absolute Gasteiger partial charge is 0.478 e. The lowest BCUT2D eigenvalue weighted by atomic mass is 9.96. The third-order valence-electron chi connectivity index (χ3n) is 8.30. The van der Waals surface area contributed by atoms with Gasteiger partial charge in [-0.1, -0.05) is 66.2 Å². The summed E-state index contributed by atoms with van der Waals surface area (Å²) in [4.78, 5) is 26.9. The van der Waals surface area contributed by atoms with Crippen LogP contribution in [0.25, 0.3) is 5.69 Å². The van der Waals surface area contributed by atoms with E-state index in [0.717, 1.165) is 75.3 Å². The second-order valence-corrected chi connectivity index (χ2v) is 11.8. The quantitative estimate of drug-likeness (QED) is 0.241. The van der Waals surface area contributed by atoms with Gasteiger partial charge in [0.15, 0.2) is 0 Å². The van der Waals surface area contributed by atoms with Crippen LogP contribution in [0.5, 0.6) is 0 Å². The van der Waals surface area contributed by atoms with Gasteiger partial charge in [0.25, 0.3) is 0 Å². The summed E-state index contributed by atoms with van der Waals surface area (Å²) in [5.41, 5.74) is 5.13. The van der Waals surface area contributed by atoms with Crippen LogP contribution >= 0.6 is 11.6 Å². The second kappa shape index (κ2) is 15.7. The van der Waals surface area contributed by atoms with Gasteiger partial charge in [-0.05, 0) is 55.3 Å². The average molecular weight is 643 g/mol. The Labute approximate surface area is 274 Å². The van der Waals surface area contributed by atoms with Crippen molar-refractivity contribution in [3.05, 3.63) is 119 Å². The smallest absolute Gasteiger partial charge is 0.328 e. The van der Waals surface area contributed by atoms with Crippen molar-refractivity contribution >= 4 is 29.2 Å². The number of para-hydroxylation sites is 2. The molecular weight excluding hydrogens is 604 g/mol. The molecule has 3 heterocycles. The summed E-state index contributed by atoms with van der Waals surface area (Å²) < 4.78 is 2.22. The van der Waals surface area contributed by atoms with E-state index in [1.807, 2.05) is 19.1 Å². The molecule has 46 heavy (non-hydrogen) atoms. The second-order valence-electron chi connectivity index (χ2n) is 11.3. The molecule has 1 aromatic heterocycles. The van der Waals surface area contributed by atoms with E-state index in [2.05, 4.69) is 96.2 Å². The number of aromatic nitrogens is 3. The minimum absolute atomic E-state index is 0.258. The van der Waals surface area contributed by atoms with Gasteiger partial charge in [-0.25, -0.2) is 9.59 Å². The molecule has 2 aliphatic heterocycles. The van der Waals surface area contributed by atoms with Crippen molar-refractivity contribution in [2.75, 3.05) is 50.7 Å². The summed E-state index contributed by atoms with van der Waals surface area (Å²) in [6.45, 7) is 9.48. The van der Waals surface area contributed by atoms with E-state index in [9.17, 15) is 9.59 Å². The molecule has 10 nitrogen and oxygen atoms in total. The lowest BCUT2D eigenvalue weighted by molar-refractivity contribution is -0.134. The summed E-state index contributed by atoms with van der Waals surface area (Å²) >= 11 is 6.20. The zero-order chi connectivity index (χ0) is 32.5. The standard InChI is InChI=1S/C31H35ClN6.C4H4O4/c1-24-33-34-30-16-19-36(28-10-5-6-11-29(28)38(24)30)18-7-17-35-20-22-37(23-21-35)31(25-8-3-2-4-9-25)26-12-14-27(32)15-13-26;5-3(6)1-2-4(7)8/h2-6,8-15,31H,7,16-23H2,1H3;1-2H,(H,5,6)(H,7,8)/b;2-1+. The Bertz CT molecular complexity index is 1620. The maximum atomic E-state index is 9.55. The van der Waals surface area contributed by atoms with Gasteiger partial charge in [0.2, 0.25) is 0 Å². The Morgan fingerprint density at radius 1 is 0.783 bits per heavy atom. The van der Waals surface area contributed by atoms with Crippen LogP contribution in [0.4, 0.5) is 5.69 Å². The number of carbonyl (C=O) groups is 2. The maximum absolute atomic E-state index is 9.55. The highest BCUT2D eigenvalue weighted by Crippen LogP contribution is 2.31. The summed E-state index contributed by atoms with van der Waals surface area (Å²) in [7, 11) is 0. The van der Waals surface area contributed by atoms with Gasteiger partial charge in [0, 0.05) is 62.9 Å². The van der Waals surface area contributed by atoms with E-state index in [1.165, 1.54) is 22.5 Å². The van der Waals surface area contributed by atoms with Crippen LogP contribution in [0.1, 0.15) is 35.2 Å².